The number of hydrogen-bond acceptors (Lipinski definition) is 5. The van der Waals surface area contributed by atoms with Crippen molar-refractivity contribution in [1.82, 2.24) is 9.55 Å². The molecule has 2 N–H and O–H groups in total. The molecule has 0 saturated carbocycles. The summed E-state index contributed by atoms with van der Waals surface area (Å²) in [6.07, 6.45) is 1.85. The Morgan fingerprint density at radius 2 is 1.92 bits per heavy atom. The highest BCUT2D eigenvalue weighted by Gasteiger charge is 2.22. The summed E-state index contributed by atoms with van der Waals surface area (Å²) in [6.45, 7) is 2.19. The number of halogens is 1. The second kappa shape index (κ2) is 6.90. The molecule has 1 aliphatic heterocycles. The van der Waals surface area contributed by atoms with Crippen molar-refractivity contribution in [2.75, 3.05) is 18.0 Å². The monoisotopic (exact) mass is 418 g/mol. The van der Waals surface area contributed by atoms with E-state index in [2.05, 4.69) is 20.8 Å². The minimum Gasteiger partial charge on any atom is -0.342 e. The molecule has 25 heavy (non-hydrogen) atoms. The van der Waals surface area contributed by atoms with Crippen LogP contribution in [-0.4, -0.2) is 28.7 Å². The van der Waals surface area contributed by atoms with Crippen LogP contribution in [0.1, 0.15) is 18.4 Å². The largest absolute Gasteiger partial charge is 0.342 e. The van der Waals surface area contributed by atoms with Gasteiger partial charge in [-0.2, -0.15) is 0 Å². The molecule has 1 saturated heterocycles. The molecule has 1 aromatic carbocycles. The molecule has 0 atom stereocenters. The van der Waals surface area contributed by atoms with Crippen molar-refractivity contribution < 1.29 is 0 Å². The van der Waals surface area contributed by atoms with Crippen LogP contribution in [0.25, 0.3) is 10.2 Å². The lowest BCUT2D eigenvalue weighted by Gasteiger charge is -2.32. The third kappa shape index (κ3) is 3.36. The fourth-order valence-corrected chi connectivity index (χ4v) is 4.23. The average molecular weight is 419 g/mol. The molecular weight excluding hydrogens is 400 g/mol. The normalized spacial score (nSPS) is 15.8. The van der Waals surface area contributed by atoms with E-state index in [0.717, 1.165) is 52.1 Å². The van der Waals surface area contributed by atoms with Crippen LogP contribution in [0.4, 0.5) is 5.95 Å². The highest BCUT2D eigenvalue weighted by Crippen LogP contribution is 2.23. The predicted octanol–water partition coefficient (Wildman–Crippen LogP) is 3.20. The van der Waals surface area contributed by atoms with Crippen molar-refractivity contribution >= 4 is 43.4 Å². The second-order valence-electron chi connectivity index (χ2n) is 6.39. The lowest BCUT2D eigenvalue weighted by molar-refractivity contribution is 0.488. The maximum atomic E-state index is 13.1. The number of piperidine rings is 1. The van der Waals surface area contributed by atoms with Crippen LogP contribution in [0.2, 0.25) is 0 Å². The molecule has 2 aromatic heterocycles. The molecule has 1 aliphatic rings. The number of thiophene rings is 1. The van der Waals surface area contributed by atoms with Crippen LogP contribution in [0.15, 0.2) is 45.0 Å². The van der Waals surface area contributed by atoms with Crippen molar-refractivity contribution in [3.63, 3.8) is 0 Å². The van der Waals surface area contributed by atoms with Crippen molar-refractivity contribution in [3.8, 4) is 0 Å². The number of aromatic nitrogens is 2. The first-order valence-corrected chi connectivity index (χ1v) is 10.0. The molecule has 7 heteroatoms. The van der Waals surface area contributed by atoms with Crippen molar-refractivity contribution in [3.05, 3.63) is 56.1 Å². The van der Waals surface area contributed by atoms with E-state index in [4.69, 9.17) is 10.7 Å². The van der Waals surface area contributed by atoms with Crippen molar-refractivity contribution in [2.45, 2.75) is 25.4 Å². The van der Waals surface area contributed by atoms with Gasteiger partial charge in [0.25, 0.3) is 5.56 Å². The fraction of sp³-hybridized carbons (Fsp3) is 0.333. The van der Waals surface area contributed by atoms with Crippen molar-refractivity contribution in [2.24, 2.45) is 5.73 Å². The molecule has 0 bridgehead atoms. The van der Waals surface area contributed by atoms with E-state index in [1.165, 1.54) is 11.3 Å². The summed E-state index contributed by atoms with van der Waals surface area (Å²) in [7, 11) is 0. The van der Waals surface area contributed by atoms with Crippen LogP contribution in [0.3, 0.4) is 0 Å². The molecule has 0 radical (unpaired) electrons. The summed E-state index contributed by atoms with van der Waals surface area (Å²) < 4.78 is 3.55. The van der Waals surface area contributed by atoms with Gasteiger partial charge in [0.05, 0.1) is 12.1 Å². The van der Waals surface area contributed by atoms with E-state index in [-0.39, 0.29) is 11.6 Å². The van der Waals surface area contributed by atoms with Gasteiger partial charge < -0.3 is 10.6 Å². The highest BCUT2D eigenvalue weighted by atomic mass is 79.9. The molecule has 0 unspecified atom stereocenters. The summed E-state index contributed by atoms with van der Waals surface area (Å²) >= 11 is 4.91. The number of anilines is 1. The zero-order valence-corrected chi connectivity index (χ0v) is 16.1. The highest BCUT2D eigenvalue weighted by molar-refractivity contribution is 9.10. The van der Waals surface area contributed by atoms with Crippen LogP contribution < -0.4 is 16.2 Å². The molecular formula is C18H19BrN4OS. The lowest BCUT2D eigenvalue weighted by atomic mass is 10.1. The number of hydrogen-bond donors (Lipinski definition) is 1. The molecule has 3 heterocycles. The van der Waals surface area contributed by atoms with Gasteiger partial charge in [-0.3, -0.25) is 9.36 Å². The topological polar surface area (TPSA) is 64.2 Å². The van der Waals surface area contributed by atoms with Gasteiger partial charge in [0.15, 0.2) is 0 Å². The quantitative estimate of drug-likeness (QED) is 0.708. The minimum absolute atomic E-state index is 0.0350. The van der Waals surface area contributed by atoms with Crippen LogP contribution in [-0.2, 0) is 6.54 Å². The smallest absolute Gasteiger partial charge is 0.273 e. The first kappa shape index (κ1) is 16.8. The first-order valence-electron chi connectivity index (χ1n) is 8.35. The summed E-state index contributed by atoms with van der Waals surface area (Å²) in [5, 5.41) is 1.93. The minimum atomic E-state index is 0.0350. The molecule has 3 aromatic rings. The third-order valence-electron chi connectivity index (χ3n) is 4.62. The number of rotatable bonds is 3. The molecule has 1 fully saturated rings. The van der Waals surface area contributed by atoms with Crippen LogP contribution in [0.5, 0.6) is 0 Å². The Hall–Kier alpha value is -1.70. The number of fused-ring (bicyclic) bond motifs is 1. The van der Waals surface area contributed by atoms with E-state index in [0.29, 0.717) is 6.54 Å². The third-order valence-corrected chi connectivity index (χ3v) is 6.04. The zero-order chi connectivity index (χ0) is 17.4. The standard InChI is InChI=1S/C18H19BrN4OS/c19-13-3-1-12(2-4-13)11-23-17(24)16-15(7-10-25-16)21-18(23)22-8-5-14(20)6-9-22/h1-4,7,10,14H,5-6,8-9,11,20H2. The molecule has 0 aliphatic carbocycles. The van der Waals surface area contributed by atoms with E-state index in [1.54, 1.807) is 4.57 Å². The Balaban J connectivity index is 1.79. The second-order valence-corrected chi connectivity index (χ2v) is 8.22. The van der Waals surface area contributed by atoms with Crippen molar-refractivity contribution in [1.29, 1.82) is 0 Å². The maximum absolute atomic E-state index is 13.1. The molecule has 0 amide bonds. The lowest BCUT2D eigenvalue weighted by Crippen LogP contribution is -2.42. The van der Waals surface area contributed by atoms with Crippen LogP contribution >= 0.6 is 27.3 Å². The van der Waals surface area contributed by atoms with E-state index in [1.807, 2.05) is 35.7 Å². The summed E-state index contributed by atoms with van der Waals surface area (Å²) in [5.74, 6) is 0.755. The molecule has 4 rings (SSSR count). The number of nitrogens with zero attached hydrogens (tertiary/aromatic N) is 3. The first-order chi connectivity index (χ1) is 12.1. The van der Waals surface area contributed by atoms with Gasteiger partial charge in [0.2, 0.25) is 5.95 Å². The number of nitrogens with two attached hydrogens (primary N) is 1. The molecule has 5 nitrogen and oxygen atoms in total. The summed E-state index contributed by atoms with van der Waals surface area (Å²) in [4.78, 5) is 20.1. The fourth-order valence-electron chi connectivity index (χ4n) is 3.19. The van der Waals surface area contributed by atoms with E-state index < -0.39 is 0 Å². The summed E-state index contributed by atoms with van der Waals surface area (Å²) in [5.41, 5.74) is 7.94. The van der Waals surface area contributed by atoms with E-state index >= 15 is 0 Å². The molecule has 130 valence electrons. The van der Waals surface area contributed by atoms with Gasteiger partial charge in [-0.05, 0) is 42.0 Å². The van der Waals surface area contributed by atoms with Gasteiger partial charge in [0.1, 0.15) is 4.70 Å². The Morgan fingerprint density at radius 3 is 2.64 bits per heavy atom. The summed E-state index contributed by atoms with van der Waals surface area (Å²) in [6, 6.07) is 10.2. The SMILES string of the molecule is NC1CCN(c2nc3ccsc3c(=O)n2Cc2ccc(Br)cc2)CC1. The predicted molar refractivity (Wildman–Crippen MR) is 107 cm³/mol. The van der Waals surface area contributed by atoms with Crippen LogP contribution in [0, 0.1) is 0 Å². The van der Waals surface area contributed by atoms with E-state index in [9.17, 15) is 4.79 Å². The number of benzene rings is 1. The Morgan fingerprint density at radius 1 is 1.20 bits per heavy atom. The van der Waals surface area contributed by atoms with Gasteiger partial charge in [0, 0.05) is 23.6 Å². The average Bonchev–Trinajstić information content (AvgIpc) is 3.09. The van der Waals surface area contributed by atoms with Gasteiger partial charge >= 0.3 is 0 Å². The molecule has 0 spiro atoms. The Kier molecular flexibility index (Phi) is 4.62. The van der Waals surface area contributed by atoms with Gasteiger partial charge in [-0.15, -0.1) is 11.3 Å². The maximum Gasteiger partial charge on any atom is 0.273 e. The Labute approximate surface area is 158 Å². The van der Waals surface area contributed by atoms with Gasteiger partial charge in [-0.1, -0.05) is 28.1 Å². The zero-order valence-electron chi connectivity index (χ0n) is 13.7. The van der Waals surface area contributed by atoms with Gasteiger partial charge in [-0.25, -0.2) is 4.98 Å². The Bertz CT molecular complexity index is 942.